The number of nitrogens with one attached hydrogen (secondary N) is 1. The molecule has 2 aromatic rings. The monoisotopic (exact) mass is 427 g/mol. The maximum atomic E-state index is 12.7. The number of sulfonamides is 1. The second kappa shape index (κ2) is 7.55. The summed E-state index contributed by atoms with van der Waals surface area (Å²) in [6.07, 6.45) is -0.00428. The van der Waals surface area contributed by atoms with Crippen LogP contribution in [0.15, 0.2) is 57.9 Å². The molecule has 0 saturated heterocycles. The molecule has 2 rings (SSSR count). The van der Waals surface area contributed by atoms with Crippen molar-refractivity contribution in [3.05, 3.63) is 58.6 Å². The molecular formula is C17H18BrNO5S. The summed E-state index contributed by atoms with van der Waals surface area (Å²) in [4.78, 5) is 11.9. The van der Waals surface area contributed by atoms with Crippen LogP contribution < -0.4 is 4.72 Å². The summed E-state index contributed by atoms with van der Waals surface area (Å²) in [6.45, 7) is 1.61. The zero-order valence-corrected chi connectivity index (χ0v) is 15.8. The van der Waals surface area contributed by atoms with Gasteiger partial charge in [0.25, 0.3) is 0 Å². The number of carbonyl (C=O) groups is 1. The topological polar surface area (TPSA) is 104 Å². The fourth-order valence-electron chi connectivity index (χ4n) is 2.44. The maximum Gasteiger partial charge on any atom is 0.325 e. The first-order valence-electron chi connectivity index (χ1n) is 7.50. The fraction of sp³-hybridized carbons (Fsp3) is 0.235. The third kappa shape index (κ3) is 4.39. The molecule has 0 aliphatic carbocycles. The number of benzene rings is 2. The number of hydrogen-bond donors (Lipinski definition) is 3. The lowest BCUT2D eigenvalue weighted by atomic mass is 9.89. The number of hydrogen-bond acceptors (Lipinski definition) is 4. The van der Waals surface area contributed by atoms with Crippen LogP contribution in [-0.4, -0.2) is 30.1 Å². The van der Waals surface area contributed by atoms with E-state index in [0.29, 0.717) is 10.0 Å². The van der Waals surface area contributed by atoms with Crippen molar-refractivity contribution >= 4 is 31.9 Å². The van der Waals surface area contributed by atoms with Crippen molar-refractivity contribution < 1.29 is 23.4 Å². The number of halogens is 1. The van der Waals surface area contributed by atoms with Crippen LogP contribution >= 0.6 is 15.9 Å². The molecule has 6 nitrogen and oxygen atoms in total. The van der Waals surface area contributed by atoms with Gasteiger partial charge in [0.1, 0.15) is 11.3 Å². The predicted octanol–water partition coefficient (Wildman–Crippen LogP) is 2.91. The molecule has 0 bridgehead atoms. The van der Waals surface area contributed by atoms with Crippen LogP contribution in [0, 0.1) is 0 Å². The van der Waals surface area contributed by atoms with Crippen LogP contribution in [0.25, 0.3) is 0 Å². The van der Waals surface area contributed by atoms with Crippen molar-refractivity contribution in [2.75, 3.05) is 0 Å². The second-order valence-corrected chi connectivity index (χ2v) is 8.13. The van der Waals surface area contributed by atoms with E-state index < -0.39 is 21.5 Å². The summed E-state index contributed by atoms with van der Waals surface area (Å²) < 4.78 is 28.2. The summed E-state index contributed by atoms with van der Waals surface area (Å²) >= 11 is 3.18. The van der Waals surface area contributed by atoms with E-state index in [4.69, 9.17) is 0 Å². The van der Waals surface area contributed by atoms with Gasteiger partial charge in [-0.05, 0) is 52.2 Å². The molecule has 0 radical (unpaired) electrons. The Morgan fingerprint density at radius 2 is 1.76 bits per heavy atom. The zero-order valence-electron chi connectivity index (χ0n) is 13.4. The molecule has 0 heterocycles. The molecule has 1 atom stereocenters. The molecular weight excluding hydrogens is 410 g/mol. The van der Waals surface area contributed by atoms with E-state index >= 15 is 0 Å². The van der Waals surface area contributed by atoms with Crippen molar-refractivity contribution in [2.24, 2.45) is 0 Å². The van der Waals surface area contributed by atoms with Gasteiger partial charge in [-0.15, -0.1) is 0 Å². The summed E-state index contributed by atoms with van der Waals surface area (Å²) in [7, 11) is -4.06. The van der Waals surface area contributed by atoms with E-state index in [1.807, 2.05) is 0 Å². The largest absolute Gasteiger partial charge is 0.508 e. The third-order valence-electron chi connectivity index (χ3n) is 3.91. The molecule has 134 valence electrons. The lowest BCUT2D eigenvalue weighted by Crippen LogP contribution is -2.55. The SMILES string of the molecule is CC[C@@](Cc1ccc(O)cc1)(NS(=O)(=O)c1ccccc1Br)C(=O)O. The van der Waals surface area contributed by atoms with Gasteiger partial charge in [0.15, 0.2) is 0 Å². The van der Waals surface area contributed by atoms with Crippen molar-refractivity contribution in [1.82, 2.24) is 4.72 Å². The van der Waals surface area contributed by atoms with Crippen LogP contribution in [-0.2, 0) is 21.2 Å². The second-order valence-electron chi connectivity index (χ2n) is 5.62. The highest BCUT2D eigenvalue weighted by Gasteiger charge is 2.41. The number of phenolic OH excluding ortho intramolecular Hbond substituents is 1. The van der Waals surface area contributed by atoms with E-state index in [1.165, 1.54) is 18.2 Å². The highest BCUT2D eigenvalue weighted by Crippen LogP contribution is 2.26. The highest BCUT2D eigenvalue weighted by atomic mass is 79.9. The van der Waals surface area contributed by atoms with E-state index in [2.05, 4.69) is 20.7 Å². The molecule has 0 amide bonds. The first kappa shape index (κ1) is 19.4. The van der Waals surface area contributed by atoms with Gasteiger partial charge in [0, 0.05) is 10.9 Å². The fourth-order valence-corrected chi connectivity index (χ4v) is 4.88. The number of rotatable bonds is 7. The number of carboxylic acids is 1. The minimum atomic E-state index is -4.06. The molecule has 8 heteroatoms. The van der Waals surface area contributed by atoms with Crippen LogP contribution in [0.5, 0.6) is 5.75 Å². The quantitative estimate of drug-likeness (QED) is 0.629. The van der Waals surface area contributed by atoms with E-state index in [9.17, 15) is 23.4 Å². The number of aromatic hydroxyl groups is 1. The first-order chi connectivity index (χ1) is 11.7. The van der Waals surface area contributed by atoms with Gasteiger partial charge in [-0.1, -0.05) is 31.2 Å². The molecule has 0 spiro atoms. The van der Waals surface area contributed by atoms with Crippen molar-refractivity contribution in [2.45, 2.75) is 30.2 Å². The van der Waals surface area contributed by atoms with Crippen molar-refractivity contribution in [3.63, 3.8) is 0 Å². The average molecular weight is 428 g/mol. The van der Waals surface area contributed by atoms with Gasteiger partial charge < -0.3 is 10.2 Å². The predicted molar refractivity (Wildman–Crippen MR) is 96.9 cm³/mol. The minimum Gasteiger partial charge on any atom is -0.508 e. The van der Waals surface area contributed by atoms with Gasteiger partial charge in [0.05, 0.1) is 4.90 Å². The Balaban J connectivity index is 2.42. The summed E-state index contributed by atoms with van der Waals surface area (Å²) in [6, 6.07) is 12.2. The Labute approximate surface area is 154 Å². The van der Waals surface area contributed by atoms with Gasteiger partial charge in [-0.25, -0.2) is 8.42 Å². The van der Waals surface area contributed by atoms with Crippen LogP contribution in [0.3, 0.4) is 0 Å². The molecule has 0 aliphatic heterocycles. The molecule has 0 aliphatic rings. The van der Waals surface area contributed by atoms with Crippen LogP contribution in [0.2, 0.25) is 0 Å². The van der Waals surface area contributed by atoms with Gasteiger partial charge >= 0.3 is 5.97 Å². The minimum absolute atomic E-state index is 0.0280. The van der Waals surface area contributed by atoms with Gasteiger partial charge in [-0.2, -0.15) is 4.72 Å². The lowest BCUT2D eigenvalue weighted by molar-refractivity contribution is -0.144. The molecule has 25 heavy (non-hydrogen) atoms. The molecule has 0 fully saturated rings. The Morgan fingerprint density at radius 1 is 1.16 bits per heavy atom. The Bertz CT molecular complexity index is 867. The number of phenols is 1. The zero-order chi connectivity index (χ0) is 18.7. The highest BCUT2D eigenvalue weighted by molar-refractivity contribution is 9.10. The third-order valence-corrected chi connectivity index (χ3v) is 6.46. The first-order valence-corrected chi connectivity index (χ1v) is 9.77. The molecule has 0 unspecified atom stereocenters. The number of carboxylic acid groups (broad SMARTS) is 1. The Hall–Kier alpha value is -1.90. The van der Waals surface area contributed by atoms with Gasteiger partial charge in [-0.3, -0.25) is 4.79 Å². The van der Waals surface area contributed by atoms with Crippen molar-refractivity contribution in [1.29, 1.82) is 0 Å². The average Bonchev–Trinajstić information content (AvgIpc) is 2.56. The molecule has 0 aromatic heterocycles. The standard InChI is InChI=1S/C17H18BrNO5S/c1-2-17(16(21)22,11-12-7-9-13(20)10-8-12)19-25(23,24)15-6-4-3-5-14(15)18/h3-10,19-20H,2,11H2,1H3,(H,21,22)/t17-/m0/s1. The lowest BCUT2D eigenvalue weighted by Gasteiger charge is -2.29. The molecule has 0 saturated carbocycles. The number of aliphatic carboxylic acids is 1. The van der Waals surface area contributed by atoms with Crippen LogP contribution in [0.4, 0.5) is 0 Å². The van der Waals surface area contributed by atoms with E-state index in [-0.39, 0.29) is 23.5 Å². The molecule has 3 N–H and O–H groups in total. The maximum absolute atomic E-state index is 12.7. The Morgan fingerprint density at radius 3 is 2.28 bits per heavy atom. The van der Waals surface area contributed by atoms with E-state index in [1.54, 1.807) is 37.3 Å². The summed E-state index contributed by atoms with van der Waals surface area (Å²) in [5, 5.41) is 19.1. The Kier molecular flexibility index (Phi) is 5.87. The molecule has 2 aromatic carbocycles. The van der Waals surface area contributed by atoms with E-state index in [0.717, 1.165) is 0 Å². The van der Waals surface area contributed by atoms with Crippen LogP contribution in [0.1, 0.15) is 18.9 Å². The smallest absolute Gasteiger partial charge is 0.325 e. The summed E-state index contributed by atoms with van der Waals surface area (Å²) in [5.74, 6) is -1.21. The van der Waals surface area contributed by atoms with Gasteiger partial charge in [0.2, 0.25) is 10.0 Å². The normalized spacial score (nSPS) is 14.0. The summed E-state index contributed by atoms with van der Waals surface area (Å²) in [5.41, 5.74) is -1.11. The van der Waals surface area contributed by atoms with Crippen molar-refractivity contribution in [3.8, 4) is 5.75 Å².